The van der Waals surface area contributed by atoms with Crippen molar-refractivity contribution < 1.29 is 0 Å². The maximum absolute atomic E-state index is 4.21. The number of aliphatic imine (C=N–C) groups is 2. The van der Waals surface area contributed by atoms with Crippen molar-refractivity contribution in [3.05, 3.63) is 0 Å². The highest BCUT2D eigenvalue weighted by atomic mass is 15.3. The van der Waals surface area contributed by atoms with Gasteiger partial charge in [0.2, 0.25) is 0 Å². The van der Waals surface area contributed by atoms with Crippen molar-refractivity contribution >= 4 is 12.7 Å². The highest BCUT2D eigenvalue weighted by molar-refractivity contribution is 5.73. The summed E-state index contributed by atoms with van der Waals surface area (Å²) in [6, 6.07) is 0. The van der Waals surface area contributed by atoms with Gasteiger partial charge in [0.25, 0.3) is 0 Å². The van der Waals surface area contributed by atoms with Gasteiger partial charge in [0, 0.05) is 7.05 Å². The Morgan fingerprint density at radius 1 is 1.50 bits per heavy atom. The van der Waals surface area contributed by atoms with Gasteiger partial charge in [-0.15, -0.1) is 0 Å². The molecule has 1 rings (SSSR count). The second-order valence-corrected chi connectivity index (χ2v) is 2.85. The van der Waals surface area contributed by atoms with Crippen LogP contribution in [-0.2, 0) is 0 Å². The average Bonchev–Trinajstić information content (AvgIpc) is 1.88. The summed E-state index contributed by atoms with van der Waals surface area (Å²) < 4.78 is 0. The molecule has 0 saturated carbocycles. The van der Waals surface area contributed by atoms with E-state index in [0.29, 0.717) is 5.92 Å². The zero-order valence-corrected chi connectivity index (χ0v) is 6.65. The van der Waals surface area contributed by atoms with Crippen molar-refractivity contribution in [2.45, 2.75) is 20.0 Å². The molecule has 0 aliphatic carbocycles. The smallest absolute Gasteiger partial charge is 0.125 e. The molecule has 1 aliphatic heterocycles. The molecule has 0 fully saturated rings. The van der Waals surface area contributed by atoms with Gasteiger partial charge in [0.15, 0.2) is 0 Å². The Morgan fingerprint density at radius 3 is 2.60 bits per heavy atom. The number of hydrogen-bond acceptors (Lipinski definition) is 3. The van der Waals surface area contributed by atoms with Crippen LogP contribution in [0.25, 0.3) is 0 Å². The lowest BCUT2D eigenvalue weighted by molar-refractivity contribution is 0.301. The number of hydrogen-bond donors (Lipinski definition) is 0. The van der Waals surface area contributed by atoms with Crippen LogP contribution in [0.2, 0.25) is 0 Å². The molecule has 0 spiro atoms. The fourth-order valence-corrected chi connectivity index (χ4v) is 1.06. The summed E-state index contributed by atoms with van der Waals surface area (Å²) in [6.45, 7) is 4.30. The van der Waals surface area contributed by atoms with E-state index in [2.05, 4.69) is 23.8 Å². The van der Waals surface area contributed by atoms with Gasteiger partial charge < -0.3 is 4.90 Å². The van der Waals surface area contributed by atoms with Crippen LogP contribution in [0.3, 0.4) is 0 Å². The van der Waals surface area contributed by atoms with Gasteiger partial charge >= 0.3 is 0 Å². The average molecular weight is 139 g/mol. The Kier molecular flexibility index (Phi) is 2.04. The van der Waals surface area contributed by atoms with E-state index >= 15 is 0 Å². The lowest BCUT2D eigenvalue weighted by Crippen LogP contribution is -2.35. The molecule has 1 unspecified atom stereocenters. The molecule has 10 heavy (non-hydrogen) atoms. The fourth-order valence-electron chi connectivity index (χ4n) is 1.06. The van der Waals surface area contributed by atoms with Gasteiger partial charge in [0.05, 0.1) is 6.34 Å². The zero-order chi connectivity index (χ0) is 7.56. The summed E-state index contributed by atoms with van der Waals surface area (Å²) in [7, 11) is 1.99. The largest absolute Gasteiger partial charge is 0.343 e. The second kappa shape index (κ2) is 2.82. The molecule has 56 valence electrons. The van der Waals surface area contributed by atoms with E-state index < -0.39 is 0 Å². The predicted octanol–water partition coefficient (Wildman–Crippen LogP) is 0.971. The fraction of sp³-hybridized carbons (Fsp3) is 0.714. The van der Waals surface area contributed by atoms with Gasteiger partial charge in [-0.25, -0.2) is 9.98 Å². The summed E-state index contributed by atoms with van der Waals surface area (Å²) in [5.74, 6) is 0.549. The first-order valence-electron chi connectivity index (χ1n) is 3.48. The van der Waals surface area contributed by atoms with Crippen molar-refractivity contribution in [1.82, 2.24) is 4.90 Å². The molecule has 0 aromatic rings. The van der Waals surface area contributed by atoms with Gasteiger partial charge in [-0.1, -0.05) is 13.8 Å². The monoisotopic (exact) mass is 139 g/mol. The van der Waals surface area contributed by atoms with Gasteiger partial charge in [-0.2, -0.15) is 0 Å². The summed E-state index contributed by atoms with van der Waals surface area (Å²) in [5, 5.41) is 0. The first-order chi connectivity index (χ1) is 4.72. The Morgan fingerprint density at radius 2 is 2.20 bits per heavy atom. The van der Waals surface area contributed by atoms with E-state index in [9.17, 15) is 0 Å². The normalized spacial score (nSPS) is 24.4. The van der Waals surface area contributed by atoms with Crippen LogP contribution >= 0.6 is 0 Å². The number of nitrogens with zero attached hydrogens (tertiary/aromatic N) is 3. The predicted molar refractivity (Wildman–Crippen MR) is 43.4 cm³/mol. The quantitative estimate of drug-likeness (QED) is 0.532. The summed E-state index contributed by atoms with van der Waals surface area (Å²) in [4.78, 5) is 10.1. The summed E-state index contributed by atoms with van der Waals surface area (Å²) in [6.07, 6.45) is 3.69. The third kappa shape index (κ3) is 1.35. The van der Waals surface area contributed by atoms with Gasteiger partial charge in [-0.3, -0.25) is 0 Å². The van der Waals surface area contributed by atoms with Crippen LogP contribution in [0.1, 0.15) is 13.8 Å². The molecule has 1 heterocycles. The molecule has 0 aromatic heterocycles. The maximum atomic E-state index is 4.21. The van der Waals surface area contributed by atoms with E-state index in [1.165, 1.54) is 0 Å². The van der Waals surface area contributed by atoms with Crippen molar-refractivity contribution in [2.24, 2.45) is 15.9 Å². The Labute approximate surface area is 61.5 Å². The molecular formula is C7H13N3. The second-order valence-electron chi connectivity index (χ2n) is 2.85. The molecular weight excluding hydrogens is 126 g/mol. The molecule has 1 aliphatic rings. The first kappa shape index (κ1) is 7.25. The van der Waals surface area contributed by atoms with Crippen LogP contribution in [0.15, 0.2) is 9.98 Å². The highest BCUT2D eigenvalue weighted by Gasteiger charge is 2.15. The Balaban J connectivity index is 2.61. The van der Waals surface area contributed by atoms with Crippen molar-refractivity contribution in [1.29, 1.82) is 0 Å². The molecule has 3 heteroatoms. The minimum absolute atomic E-state index is 0.275. The molecule has 0 saturated heterocycles. The van der Waals surface area contributed by atoms with E-state index in [1.54, 1.807) is 12.7 Å². The van der Waals surface area contributed by atoms with Crippen LogP contribution in [0.4, 0.5) is 0 Å². The molecule has 3 nitrogen and oxygen atoms in total. The zero-order valence-electron chi connectivity index (χ0n) is 6.65. The van der Waals surface area contributed by atoms with Crippen LogP contribution < -0.4 is 0 Å². The topological polar surface area (TPSA) is 28.0 Å². The van der Waals surface area contributed by atoms with E-state index in [-0.39, 0.29) is 6.17 Å². The van der Waals surface area contributed by atoms with E-state index in [4.69, 9.17) is 0 Å². The van der Waals surface area contributed by atoms with E-state index in [0.717, 1.165) is 0 Å². The molecule has 0 aromatic carbocycles. The SMILES string of the molecule is CC(C)C1N=CN=CN1C. The third-order valence-electron chi connectivity index (χ3n) is 1.55. The summed E-state index contributed by atoms with van der Waals surface area (Å²) in [5.41, 5.74) is 0. The number of rotatable bonds is 1. The standard InChI is InChI=1S/C7H13N3/c1-6(2)7-9-4-8-5-10(7)3/h4-7H,1-3H3. The van der Waals surface area contributed by atoms with E-state index in [1.807, 2.05) is 11.9 Å². The van der Waals surface area contributed by atoms with Crippen LogP contribution in [0.5, 0.6) is 0 Å². The minimum Gasteiger partial charge on any atom is -0.343 e. The maximum Gasteiger partial charge on any atom is 0.125 e. The van der Waals surface area contributed by atoms with Crippen LogP contribution in [-0.4, -0.2) is 30.8 Å². The molecule has 1 atom stereocenters. The lowest BCUT2D eigenvalue weighted by Gasteiger charge is -2.27. The van der Waals surface area contributed by atoms with Crippen molar-refractivity contribution in [3.8, 4) is 0 Å². The minimum atomic E-state index is 0.275. The lowest BCUT2D eigenvalue weighted by atomic mass is 10.1. The van der Waals surface area contributed by atoms with Crippen molar-refractivity contribution in [3.63, 3.8) is 0 Å². The molecule has 0 bridgehead atoms. The Hall–Kier alpha value is -0.860. The Bertz CT molecular complexity index is 160. The molecule has 0 amide bonds. The van der Waals surface area contributed by atoms with Crippen LogP contribution in [0, 0.1) is 5.92 Å². The highest BCUT2D eigenvalue weighted by Crippen LogP contribution is 2.09. The van der Waals surface area contributed by atoms with Crippen molar-refractivity contribution in [2.75, 3.05) is 7.05 Å². The van der Waals surface area contributed by atoms with Gasteiger partial charge in [-0.05, 0) is 5.92 Å². The molecule has 0 N–H and O–H groups in total. The summed E-state index contributed by atoms with van der Waals surface area (Å²) >= 11 is 0. The first-order valence-corrected chi connectivity index (χ1v) is 3.48. The third-order valence-corrected chi connectivity index (χ3v) is 1.55. The molecule has 0 radical (unpaired) electrons. The van der Waals surface area contributed by atoms with Gasteiger partial charge in [0.1, 0.15) is 12.5 Å².